The Kier molecular flexibility index (Phi) is 5.62. The molecular formula is C18H21NO2. The van der Waals surface area contributed by atoms with Gasteiger partial charge in [0, 0.05) is 30.6 Å². The lowest BCUT2D eigenvalue weighted by atomic mass is 10.1. The lowest BCUT2D eigenvalue weighted by Gasteiger charge is -2.16. The standard InChI is InChI=1S/C18H21NO2/c1-15-18(10-12-21-15)14-19(2)13-17-8-6-16(7-9-17)5-3-4-11-20/h6-10,12,20H,4,11,13-14H2,1-2H3. The molecule has 0 aliphatic carbocycles. The van der Waals surface area contributed by atoms with E-state index in [0.717, 1.165) is 24.4 Å². The van der Waals surface area contributed by atoms with Crippen LogP contribution in [0.3, 0.4) is 0 Å². The van der Waals surface area contributed by atoms with Gasteiger partial charge in [-0.1, -0.05) is 24.0 Å². The predicted octanol–water partition coefficient (Wildman–Crippen LogP) is 2.95. The van der Waals surface area contributed by atoms with Gasteiger partial charge in [0.15, 0.2) is 0 Å². The van der Waals surface area contributed by atoms with E-state index in [4.69, 9.17) is 9.52 Å². The third kappa shape index (κ3) is 4.78. The summed E-state index contributed by atoms with van der Waals surface area (Å²) >= 11 is 0. The first-order valence-electron chi connectivity index (χ1n) is 7.09. The molecule has 1 heterocycles. The van der Waals surface area contributed by atoms with Crippen LogP contribution in [0.5, 0.6) is 0 Å². The first-order chi connectivity index (χ1) is 10.2. The van der Waals surface area contributed by atoms with Crippen LogP contribution in [-0.2, 0) is 13.1 Å². The van der Waals surface area contributed by atoms with Gasteiger partial charge in [-0.05, 0) is 37.7 Å². The fourth-order valence-corrected chi connectivity index (χ4v) is 2.15. The maximum Gasteiger partial charge on any atom is 0.105 e. The van der Waals surface area contributed by atoms with Crippen LogP contribution in [-0.4, -0.2) is 23.7 Å². The number of hydrogen-bond donors (Lipinski definition) is 1. The molecule has 110 valence electrons. The molecule has 0 unspecified atom stereocenters. The first-order valence-corrected chi connectivity index (χ1v) is 7.09. The van der Waals surface area contributed by atoms with E-state index >= 15 is 0 Å². The van der Waals surface area contributed by atoms with Crippen molar-refractivity contribution in [1.29, 1.82) is 0 Å². The Morgan fingerprint density at radius 1 is 1.14 bits per heavy atom. The minimum atomic E-state index is 0.114. The van der Waals surface area contributed by atoms with Crippen molar-refractivity contribution in [3.63, 3.8) is 0 Å². The van der Waals surface area contributed by atoms with Crippen LogP contribution in [0.25, 0.3) is 0 Å². The predicted molar refractivity (Wildman–Crippen MR) is 83.6 cm³/mol. The molecule has 3 heteroatoms. The highest BCUT2D eigenvalue weighted by Gasteiger charge is 2.06. The molecule has 0 aliphatic heterocycles. The van der Waals surface area contributed by atoms with E-state index in [-0.39, 0.29) is 6.61 Å². The summed E-state index contributed by atoms with van der Waals surface area (Å²) in [5.74, 6) is 6.94. The molecule has 3 nitrogen and oxygen atoms in total. The van der Waals surface area contributed by atoms with Gasteiger partial charge in [-0.2, -0.15) is 0 Å². The van der Waals surface area contributed by atoms with Crippen molar-refractivity contribution in [3.8, 4) is 11.8 Å². The van der Waals surface area contributed by atoms with Crippen molar-refractivity contribution >= 4 is 0 Å². The summed E-state index contributed by atoms with van der Waals surface area (Å²) < 4.78 is 5.32. The van der Waals surface area contributed by atoms with E-state index < -0.39 is 0 Å². The van der Waals surface area contributed by atoms with E-state index in [1.54, 1.807) is 6.26 Å². The number of aliphatic hydroxyl groups excluding tert-OH is 1. The third-order valence-corrected chi connectivity index (χ3v) is 3.28. The van der Waals surface area contributed by atoms with Crippen molar-refractivity contribution in [1.82, 2.24) is 4.90 Å². The molecule has 0 atom stereocenters. The Labute approximate surface area is 126 Å². The zero-order valence-corrected chi connectivity index (χ0v) is 12.6. The normalized spacial score (nSPS) is 10.5. The van der Waals surface area contributed by atoms with Crippen LogP contribution in [0.4, 0.5) is 0 Å². The Balaban J connectivity index is 1.91. The summed E-state index contributed by atoms with van der Waals surface area (Å²) in [6.45, 7) is 3.86. The number of aryl methyl sites for hydroxylation is 1. The Morgan fingerprint density at radius 3 is 2.52 bits per heavy atom. The molecule has 1 N–H and O–H groups in total. The zero-order chi connectivity index (χ0) is 15.1. The quantitative estimate of drug-likeness (QED) is 0.857. The van der Waals surface area contributed by atoms with E-state index in [1.807, 2.05) is 25.1 Å². The van der Waals surface area contributed by atoms with Gasteiger partial charge in [0.25, 0.3) is 0 Å². The van der Waals surface area contributed by atoms with E-state index in [1.165, 1.54) is 11.1 Å². The second-order valence-electron chi connectivity index (χ2n) is 5.15. The molecule has 0 amide bonds. The largest absolute Gasteiger partial charge is 0.469 e. The summed E-state index contributed by atoms with van der Waals surface area (Å²) in [6, 6.07) is 10.3. The fourth-order valence-electron chi connectivity index (χ4n) is 2.15. The van der Waals surface area contributed by atoms with E-state index in [0.29, 0.717) is 6.42 Å². The lowest BCUT2D eigenvalue weighted by Crippen LogP contribution is -2.17. The minimum absolute atomic E-state index is 0.114. The van der Waals surface area contributed by atoms with Gasteiger partial charge in [0.1, 0.15) is 5.76 Å². The first kappa shape index (κ1) is 15.4. The lowest BCUT2D eigenvalue weighted by molar-refractivity contribution is 0.305. The smallest absolute Gasteiger partial charge is 0.105 e. The summed E-state index contributed by atoms with van der Waals surface area (Å²) in [7, 11) is 2.10. The molecule has 0 saturated carbocycles. The molecule has 0 spiro atoms. The second kappa shape index (κ2) is 7.68. The van der Waals surface area contributed by atoms with Crippen LogP contribution in [0.15, 0.2) is 41.0 Å². The van der Waals surface area contributed by atoms with Gasteiger partial charge in [-0.3, -0.25) is 4.90 Å². The number of rotatable bonds is 5. The topological polar surface area (TPSA) is 36.6 Å². The third-order valence-electron chi connectivity index (χ3n) is 3.28. The van der Waals surface area contributed by atoms with Crippen LogP contribution >= 0.6 is 0 Å². The second-order valence-corrected chi connectivity index (χ2v) is 5.15. The summed E-state index contributed by atoms with van der Waals surface area (Å²) in [6.07, 6.45) is 2.26. The molecule has 0 saturated heterocycles. The fraction of sp³-hybridized carbons (Fsp3) is 0.333. The van der Waals surface area contributed by atoms with Crippen LogP contribution in [0.1, 0.15) is 28.9 Å². The highest BCUT2D eigenvalue weighted by Crippen LogP contribution is 2.13. The van der Waals surface area contributed by atoms with Crippen molar-refractivity contribution in [2.24, 2.45) is 0 Å². The monoisotopic (exact) mass is 283 g/mol. The molecule has 0 aliphatic rings. The number of nitrogens with zero attached hydrogens (tertiary/aromatic N) is 1. The van der Waals surface area contributed by atoms with Gasteiger partial charge in [-0.25, -0.2) is 0 Å². The molecular weight excluding hydrogens is 262 g/mol. The van der Waals surface area contributed by atoms with Crippen molar-refractivity contribution in [3.05, 3.63) is 59.0 Å². The number of benzene rings is 1. The van der Waals surface area contributed by atoms with Gasteiger partial charge >= 0.3 is 0 Å². The molecule has 1 aromatic carbocycles. The van der Waals surface area contributed by atoms with Crippen LogP contribution in [0.2, 0.25) is 0 Å². The maximum atomic E-state index is 8.70. The van der Waals surface area contributed by atoms with E-state index in [2.05, 4.69) is 35.9 Å². The maximum absolute atomic E-state index is 8.70. The average Bonchev–Trinajstić information content (AvgIpc) is 2.86. The van der Waals surface area contributed by atoms with Gasteiger partial charge < -0.3 is 9.52 Å². The zero-order valence-electron chi connectivity index (χ0n) is 12.6. The molecule has 21 heavy (non-hydrogen) atoms. The molecule has 0 fully saturated rings. The summed E-state index contributed by atoms with van der Waals surface area (Å²) in [5, 5.41) is 8.70. The van der Waals surface area contributed by atoms with Gasteiger partial charge in [-0.15, -0.1) is 0 Å². The molecule has 0 radical (unpaired) electrons. The van der Waals surface area contributed by atoms with Crippen LogP contribution in [0, 0.1) is 18.8 Å². The van der Waals surface area contributed by atoms with Crippen molar-refractivity contribution in [2.75, 3.05) is 13.7 Å². The molecule has 1 aromatic heterocycles. The highest BCUT2D eigenvalue weighted by atomic mass is 16.3. The van der Waals surface area contributed by atoms with Gasteiger partial charge in [0.05, 0.1) is 12.9 Å². The van der Waals surface area contributed by atoms with Crippen LogP contribution < -0.4 is 0 Å². The molecule has 0 bridgehead atoms. The number of furan rings is 1. The Morgan fingerprint density at radius 2 is 1.90 bits per heavy atom. The van der Waals surface area contributed by atoms with Crippen molar-refractivity contribution < 1.29 is 9.52 Å². The summed E-state index contributed by atoms with van der Waals surface area (Å²) in [5.41, 5.74) is 3.47. The Bertz CT molecular complexity index is 617. The molecule has 2 aromatic rings. The van der Waals surface area contributed by atoms with E-state index in [9.17, 15) is 0 Å². The van der Waals surface area contributed by atoms with Gasteiger partial charge in [0.2, 0.25) is 0 Å². The molecule has 2 rings (SSSR count). The highest BCUT2D eigenvalue weighted by molar-refractivity contribution is 5.36. The SMILES string of the molecule is Cc1occc1CN(C)Cc1ccc(C#CCCO)cc1. The Hall–Kier alpha value is -2.02. The number of hydrogen-bond acceptors (Lipinski definition) is 3. The average molecular weight is 283 g/mol. The summed E-state index contributed by atoms with van der Waals surface area (Å²) in [4.78, 5) is 2.25. The van der Waals surface area contributed by atoms with Crippen molar-refractivity contribution in [2.45, 2.75) is 26.4 Å². The minimum Gasteiger partial charge on any atom is -0.469 e. The number of aliphatic hydroxyl groups is 1.